The van der Waals surface area contributed by atoms with Crippen LogP contribution in [0, 0.1) is 0 Å². The van der Waals surface area contributed by atoms with Gasteiger partial charge in [0, 0.05) is 41.8 Å². The van der Waals surface area contributed by atoms with E-state index in [0.717, 1.165) is 29.7 Å². The lowest BCUT2D eigenvalue weighted by molar-refractivity contribution is 0.679. The van der Waals surface area contributed by atoms with Gasteiger partial charge in [0.1, 0.15) is 0 Å². The predicted molar refractivity (Wildman–Crippen MR) is 69.5 cm³/mol. The molecule has 3 nitrogen and oxygen atoms in total. The fourth-order valence-corrected chi connectivity index (χ4v) is 2.37. The van der Waals surface area contributed by atoms with Gasteiger partial charge >= 0.3 is 0 Å². The van der Waals surface area contributed by atoms with E-state index in [0.29, 0.717) is 0 Å². The maximum Gasteiger partial charge on any atom is 0.0794 e. The second kappa shape index (κ2) is 6.08. The van der Waals surface area contributed by atoms with Crippen LogP contribution in [0.15, 0.2) is 33.8 Å². The molecule has 0 aliphatic heterocycles. The van der Waals surface area contributed by atoms with E-state index in [-0.39, 0.29) is 0 Å². The Labute approximate surface area is 107 Å². The number of pyridine rings is 1. The molecule has 1 N–H and O–H groups in total. The summed E-state index contributed by atoms with van der Waals surface area (Å²) in [6, 6.07) is 2.07. The highest BCUT2D eigenvalue weighted by Gasteiger charge is 1.96. The Balaban J connectivity index is 1.72. The molecule has 0 radical (unpaired) electrons. The van der Waals surface area contributed by atoms with Gasteiger partial charge in [0.05, 0.1) is 11.2 Å². The molecule has 0 amide bonds. The van der Waals surface area contributed by atoms with Crippen molar-refractivity contribution >= 4 is 27.3 Å². The third kappa shape index (κ3) is 3.66. The normalized spacial score (nSPS) is 10.6. The quantitative estimate of drug-likeness (QED) is 0.862. The average molecular weight is 298 g/mol. The molecule has 0 atom stereocenters. The van der Waals surface area contributed by atoms with Crippen LogP contribution in [0.25, 0.3) is 0 Å². The lowest BCUT2D eigenvalue weighted by Crippen LogP contribution is -2.16. The Bertz CT molecular complexity index is 431. The van der Waals surface area contributed by atoms with Crippen LogP contribution >= 0.6 is 27.3 Å². The third-order valence-electron chi connectivity index (χ3n) is 2.13. The maximum absolute atomic E-state index is 4.23. The first-order valence-corrected chi connectivity index (χ1v) is 6.75. The van der Waals surface area contributed by atoms with E-state index in [4.69, 9.17) is 0 Å². The molecule has 2 rings (SSSR count). The number of halogens is 1. The van der Waals surface area contributed by atoms with E-state index in [2.05, 4.69) is 42.7 Å². The first kappa shape index (κ1) is 11.7. The first-order valence-electron chi connectivity index (χ1n) is 5.02. The van der Waals surface area contributed by atoms with Crippen molar-refractivity contribution in [3.8, 4) is 0 Å². The minimum absolute atomic E-state index is 0.844. The van der Waals surface area contributed by atoms with Crippen LogP contribution in [0.1, 0.15) is 11.3 Å². The molecule has 0 unspecified atom stereocenters. The highest BCUT2D eigenvalue weighted by Crippen LogP contribution is 2.09. The molecule has 2 heterocycles. The number of aromatic nitrogens is 2. The highest BCUT2D eigenvalue weighted by molar-refractivity contribution is 9.10. The second-order valence-electron chi connectivity index (χ2n) is 3.42. The van der Waals surface area contributed by atoms with Gasteiger partial charge in [-0.15, -0.1) is 11.3 Å². The van der Waals surface area contributed by atoms with E-state index < -0.39 is 0 Å². The molecule has 0 aliphatic rings. The molecule has 0 spiro atoms. The number of hydrogen-bond acceptors (Lipinski definition) is 4. The highest BCUT2D eigenvalue weighted by atomic mass is 79.9. The minimum atomic E-state index is 0.844. The van der Waals surface area contributed by atoms with Crippen molar-refractivity contribution < 1.29 is 0 Å². The number of thiazole rings is 1. The Morgan fingerprint density at radius 3 is 3.06 bits per heavy atom. The molecule has 0 bridgehead atoms. The molecule has 2 aromatic rings. The molecular weight excluding hydrogens is 286 g/mol. The fraction of sp³-hybridized carbons (Fsp3) is 0.273. The van der Waals surface area contributed by atoms with Crippen molar-refractivity contribution in [2.45, 2.75) is 13.0 Å². The monoisotopic (exact) mass is 297 g/mol. The zero-order valence-corrected chi connectivity index (χ0v) is 11.1. The Morgan fingerprint density at radius 2 is 2.31 bits per heavy atom. The Hall–Kier alpha value is -0.780. The topological polar surface area (TPSA) is 37.8 Å². The summed E-state index contributed by atoms with van der Waals surface area (Å²) in [5.41, 5.74) is 4.21. The van der Waals surface area contributed by atoms with Crippen LogP contribution in [0.2, 0.25) is 0 Å². The Kier molecular flexibility index (Phi) is 4.44. The maximum atomic E-state index is 4.23. The van der Waals surface area contributed by atoms with Gasteiger partial charge < -0.3 is 5.32 Å². The predicted octanol–water partition coefficient (Wildman–Crippen LogP) is 2.63. The number of nitrogens with zero attached hydrogens (tertiary/aromatic N) is 2. The van der Waals surface area contributed by atoms with Crippen LogP contribution in [-0.2, 0) is 13.0 Å². The van der Waals surface area contributed by atoms with E-state index >= 15 is 0 Å². The molecule has 0 saturated carbocycles. The molecule has 0 aromatic carbocycles. The van der Waals surface area contributed by atoms with Crippen molar-refractivity contribution in [1.29, 1.82) is 0 Å². The van der Waals surface area contributed by atoms with Crippen molar-refractivity contribution in [3.05, 3.63) is 45.1 Å². The van der Waals surface area contributed by atoms with Crippen molar-refractivity contribution in [2.24, 2.45) is 0 Å². The number of rotatable bonds is 5. The standard InChI is InChI=1S/C11H12BrN3S/c12-10-3-9(5-14-6-10)4-13-2-1-11-7-16-8-15-11/h3,5-8,13H,1-2,4H2. The SMILES string of the molecule is Brc1cncc(CNCCc2cscn2)c1. The molecule has 0 fully saturated rings. The third-order valence-corrected chi connectivity index (χ3v) is 3.20. The largest absolute Gasteiger partial charge is 0.312 e. The summed E-state index contributed by atoms with van der Waals surface area (Å²) in [5.74, 6) is 0. The molecule has 0 saturated heterocycles. The summed E-state index contributed by atoms with van der Waals surface area (Å²) in [7, 11) is 0. The molecule has 5 heteroatoms. The van der Waals surface area contributed by atoms with E-state index in [9.17, 15) is 0 Å². The first-order chi connectivity index (χ1) is 7.84. The number of hydrogen-bond donors (Lipinski definition) is 1. The van der Waals surface area contributed by atoms with Gasteiger partial charge in [-0.05, 0) is 27.6 Å². The molecular formula is C11H12BrN3S. The lowest BCUT2D eigenvalue weighted by atomic mass is 10.3. The second-order valence-corrected chi connectivity index (χ2v) is 5.05. The van der Waals surface area contributed by atoms with Crippen molar-refractivity contribution in [3.63, 3.8) is 0 Å². The van der Waals surface area contributed by atoms with Gasteiger partial charge in [0.15, 0.2) is 0 Å². The number of nitrogens with one attached hydrogen (secondary N) is 1. The Morgan fingerprint density at radius 1 is 1.38 bits per heavy atom. The average Bonchev–Trinajstić information content (AvgIpc) is 2.77. The van der Waals surface area contributed by atoms with Gasteiger partial charge in [0.25, 0.3) is 0 Å². The van der Waals surface area contributed by atoms with Crippen LogP contribution in [0.4, 0.5) is 0 Å². The van der Waals surface area contributed by atoms with E-state index in [1.54, 1.807) is 17.5 Å². The van der Waals surface area contributed by atoms with Crippen LogP contribution in [0.5, 0.6) is 0 Å². The fourth-order valence-electron chi connectivity index (χ4n) is 1.36. The van der Waals surface area contributed by atoms with Gasteiger partial charge in [-0.3, -0.25) is 4.98 Å². The molecule has 0 aliphatic carbocycles. The van der Waals surface area contributed by atoms with Gasteiger partial charge in [0.2, 0.25) is 0 Å². The smallest absolute Gasteiger partial charge is 0.0794 e. The van der Waals surface area contributed by atoms with Gasteiger partial charge in [-0.25, -0.2) is 4.98 Å². The summed E-state index contributed by atoms with van der Waals surface area (Å²) < 4.78 is 1.02. The molecule has 2 aromatic heterocycles. The lowest BCUT2D eigenvalue weighted by Gasteiger charge is -2.03. The van der Waals surface area contributed by atoms with Crippen molar-refractivity contribution in [2.75, 3.05) is 6.54 Å². The van der Waals surface area contributed by atoms with Crippen LogP contribution < -0.4 is 5.32 Å². The summed E-state index contributed by atoms with van der Waals surface area (Å²) in [6.07, 6.45) is 4.64. The van der Waals surface area contributed by atoms with E-state index in [1.165, 1.54) is 5.56 Å². The molecule has 16 heavy (non-hydrogen) atoms. The van der Waals surface area contributed by atoms with Crippen molar-refractivity contribution in [1.82, 2.24) is 15.3 Å². The zero-order chi connectivity index (χ0) is 11.2. The summed E-state index contributed by atoms with van der Waals surface area (Å²) >= 11 is 5.04. The van der Waals surface area contributed by atoms with Crippen LogP contribution in [0.3, 0.4) is 0 Å². The van der Waals surface area contributed by atoms with E-state index in [1.807, 2.05) is 11.7 Å². The van der Waals surface area contributed by atoms with Gasteiger partial charge in [-0.2, -0.15) is 0 Å². The molecule has 84 valence electrons. The zero-order valence-electron chi connectivity index (χ0n) is 8.69. The summed E-state index contributed by atoms with van der Waals surface area (Å²) in [4.78, 5) is 8.35. The summed E-state index contributed by atoms with van der Waals surface area (Å²) in [5, 5.41) is 5.46. The van der Waals surface area contributed by atoms with Crippen LogP contribution in [-0.4, -0.2) is 16.5 Å². The summed E-state index contributed by atoms with van der Waals surface area (Å²) in [6.45, 7) is 1.78. The minimum Gasteiger partial charge on any atom is -0.312 e. The van der Waals surface area contributed by atoms with Gasteiger partial charge in [-0.1, -0.05) is 0 Å².